The Kier molecular flexibility index (Phi) is 3.54. The number of carbonyl (C=O) groups excluding carboxylic acids is 1. The molecular weight excluding hydrogens is 254 g/mol. The van der Waals surface area contributed by atoms with E-state index in [2.05, 4.69) is 21.2 Å². The van der Waals surface area contributed by atoms with Crippen LogP contribution < -0.4 is 5.32 Å². The molecule has 2 N–H and O–H groups in total. The molecule has 1 aliphatic heterocycles. The van der Waals surface area contributed by atoms with Gasteiger partial charge in [-0.3, -0.25) is 4.79 Å². The predicted molar refractivity (Wildman–Crippen MR) is 62.9 cm³/mol. The third-order valence-electron chi connectivity index (χ3n) is 2.94. The maximum absolute atomic E-state index is 12.1. The van der Waals surface area contributed by atoms with Crippen molar-refractivity contribution < 1.29 is 10.1 Å². The van der Waals surface area contributed by atoms with Crippen molar-refractivity contribution in [3.8, 4) is 0 Å². The number of piperidine rings is 1. The monoisotopic (exact) mass is 268 g/mol. The number of nitrogens with two attached hydrogens (primary N) is 1. The summed E-state index contributed by atoms with van der Waals surface area (Å²) in [4.78, 5) is 12.1. The summed E-state index contributed by atoms with van der Waals surface area (Å²) in [6.45, 7) is 2.18. The van der Waals surface area contributed by atoms with E-state index in [1.807, 2.05) is 24.3 Å². The zero-order valence-corrected chi connectivity index (χ0v) is 10.2. The van der Waals surface area contributed by atoms with Crippen molar-refractivity contribution >= 4 is 21.7 Å². The van der Waals surface area contributed by atoms with Crippen LogP contribution in [0.25, 0.3) is 0 Å². The molecule has 0 aliphatic carbocycles. The first-order chi connectivity index (χ1) is 7.27. The summed E-state index contributed by atoms with van der Waals surface area (Å²) in [5.41, 5.74) is 0.852. The number of hydrogen-bond acceptors (Lipinski definition) is 1. The van der Waals surface area contributed by atoms with Gasteiger partial charge in [-0.15, -0.1) is 0 Å². The lowest BCUT2D eigenvalue weighted by Crippen LogP contribution is -2.86. The van der Waals surface area contributed by atoms with Crippen LogP contribution in [0.5, 0.6) is 0 Å². The molecule has 1 heterocycles. The highest BCUT2D eigenvalue weighted by Gasteiger charge is 2.23. The zero-order chi connectivity index (χ0) is 10.7. The van der Waals surface area contributed by atoms with Gasteiger partial charge < -0.3 is 5.32 Å². The molecular formula is C12H15BrNO+. The summed E-state index contributed by atoms with van der Waals surface area (Å²) in [6.07, 6.45) is 2.05. The minimum Gasteiger partial charge on any atom is -0.346 e. The fraction of sp³-hybridized carbons (Fsp3) is 0.417. The molecule has 3 heteroatoms. The van der Waals surface area contributed by atoms with E-state index in [1.165, 1.54) is 0 Å². The lowest BCUT2D eigenvalue weighted by Gasteiger charge is -2.18. The number of quaternary nitrogens is 1. The summed E-state index contributed by atoms with van der Waals surface area (Å²) < 4.78 is 1.02. The molecule has 80 valence electrons. The molecule has 1 aromatic rings. The van der Waals surface area contributed by atoms with Gasteiger partial charge in [0.1, 0.15) is 0 Å². The van der Waals surface area contributed by atoms with Gasteiger partial charge in [-0.1, -0.05) is 28.1 Å². The van der Waals surface area contributed by atoms with Crippen LogP contribution in [0.3, 0.4) is 0 Å². The van der Waals surface area contributed by atoms with Gasteiger partial charge in [-0.05, 0) is 12.1 Å². The average molecular weight is 269 g/mol. The second-order valence-electron chi connectivity index (χ2n) is 4.01. The van der Waals surface area contributed by atoms with Crippen molar-refractivity contribution in [2.75, 3.05) is 13.1 Å². The summed E-state index contributed by atoms with van der Waals surface area (Å²) in [5.74, 6) is 0.562. The van der Waals surface area contributed by atoms with Gasteiger partial charge in [-0.2, -0.15) is 0 Å². The van der Waals surface area contributed by atoms with Gasteiger partial charge in [0.15, 0.2) is 5.78 Å². The molecule has 0 radical (unpaired) electrons. The van der Waals surface area contributed by atoms with Crippen LogP contribution in [0.4, 0.5) is 0 Å². The van der Waals surface area contributed by atoms with Crippen LogP contribution in [0.1, 0.15) is 23.2 Å². The Morgan fingerprint density at radius 1 is 1.20 bits per heavy atom. The first-order valence-corrected chi connectivity index (χ1v) is 6.18. The third-order valence-corrected chi connectivity index (χ3v) is 3.47. The SMILES string of the molecule is O=C(c1ccc(Br)cc1)C1CC[NH2+]CC1. The summed E-state index contributed by atoms with van der Waals surface area (Å²) in [6, 6.07) is 7.68. The molecule has 0 atom stereocenters. The molecule has 15 heavy (non-hydrogen) atoms. The molecule has 0 spiro atoms. The first-order valence-electron chi connectivity index (χ1n) is 5.39. The van der Waals surface area contributed by atoms with E-state index < -0.39 is 0 Å². The Hall–Kier alpha value is -0.670. The van der Waals surface area contributed by atoms with Gasteiger partial charge in [0.05, 0.1) is 13.1 Å². The van der Waals surface area contributed by atoms with Crippen molar-refractivity contribution in [3.63, 3.8) is 0 Å². The van der Waals surface area contributed by atoms with E-state index in [0.717, 1.165) is 36.0 Å². The molecule has 1 saturated heterocycles. The molecule has 0 aromatic heterocycles. The van der Waals surface area contributed by atoms with E-state index in [1.54, 1.807) is 0 Å². The second kappa shape index (κ2) is 4.90. The van der Waals surface area contributed by atoms with Crippen molar-refractivity contribution in [1.82, 2.24) is 0 Å². The highest BCUT2D eigenvalue weighted by Crippen LogP contribution is 2.18. The Morgan fingerprint density at radius 2 is 1.80 bits per heavy atom. The number of rotatable bonds is 2. The van der Waals surface area contributed by atoms with Crippen LogP contribution in [-0.4, -0.2) is 18.9 Å². The Morgan fingerprint density at radius 3 is 2.40 bits per heavy atom. The number of halogens is 1. The minimum absolute atomic E-state index is 0.246. The number of carbonyl (C=O) groups is 1. The predicted octanol–water partition coefficient (Wildman–Crippen LogP) is 1.61. The maximum atomic E-state index is 12.1. The number of benzene rings is 1. The van der Waals surface area contributed by atoms with Gasteiger partial charge in [-0.25, -0.2) is 0 Å². The summed E-state index contributed by atoms with van der Waals surface area (Å²) >= 11 is 3.37. The van der Waals surface area contributed by atoms with Crippen molar-refractivity contribution in [1.29, 1.82) is 0 Å². The topological polar surface area (TPSA) is 33.7 Å². The summed E-state index contributed by atoms with van der Waals surface area (Å²) in [5, 5.41) is 2.28. The fourth-order valence-corrected chi connectivity index (χ4v) is 2.30. The van der Waals surface area contributed by atoms with Crippen molar-refractivity contribution in [2.45, 2.75) is 12.8 Å². The average Bonchev–Trinajstić information content (AvgIpc) is 2.30. The highest BCUT2D eigenvalue weighted by molar-refractivity contribution is 9.10. The molecule has 1 aliphatic rings. The normalized spacial score (nSPS) is 17.7. The quantitative estimate of drug-likeness (QED) is 0.813. The van der Waals surface area contributed by atoms with Crippen molar-refractivity contribution in [3.05, 3.63) is 34.3 Å². The van der Waals surface area contributed by atoms with Gasteiger partial charge in [0.2, 0.25) is 0 Å². The molecule has 1 aromatic carbocycles. The van der Waals surface area contributed by atoms with Crippen LogP contribution in [-0.2, 0) is 0 Å². The largest absolute Gasteiger partial charge is 0.346 e. The van der Waals surface area contributed by atoms with Gasteiger partial charge >= 0.3 is 0 Å². The maximum Gasteiger partial charge on any atom is 0.166 e. The van der Waals surface area contributed by atoms with E-state index in [0.29, 0.717) is 5.78 Å². The Labute approximate surface area is 98.2 Å². The van der Waals surface area contributed by atoms with Gasteiger partial charge in [0.25, 0.3) is 0 Å². The lowest BCUT2D eigenvalue weighted by atomic mass is 9.90. The Balaban J connectivity index is 2.09. The molecule has 0 unspecified atom stereocenters. The molecule has 0 amide bonds. The Bertz CT molecular complexity index is 341. The molecule has 0 saturated carbocycles. The molecule has 2 rings (SSSR count). The van der Waals surface area contributed by atoms with E-state index in [-0.39, 0.29) is 5.92 Å². The number of hydrogen-bond donors (Lipinski definition) is 1. The van der Waals surface area contributed by atoms with Crippen molar-refractivity contribution in [2.24, 2.45) is 5.92 Å². The van der Waals surface area contributed by atoms with E-state index in [4.69, 9.17) is 0 Å². The van der Waals surface area contributed by atoms with Crippen LogP contribution in [0, 0.1) is 5.92 Å². The smallest absolute Gasteiger partial charge is 0.166 e. The summed E-state index contributed by atoms with van der Waals surface area (Å²) in [7, 11) is 0. The molecule has 0 bridgehead atoms. The standard InChI is InChI=1S/C12H14BrNO/c13-11-3-1-9(2-4-11)12(15)10-5-7-14-8-6-10/h1-4,10,14H,5-8H2/p+1. The fourth-order valence-electron chi connectivity index (χ4n) is 2.04. The number of ketones is 1. The minimum atomic E-state index is 0.246. The first kappa shape index (κ1) is 10.8. The van der Waals surface area contributed by atoms with Crippen LogP contribution in [0.2, 0.25) is 0 Å². The van der Waals surface area contributed by atoms with Crippen LogP contribution >= 0.6 is 15.9 Å². The van der Waals surface area contributed by atoms with E-state index in [9.17, 15) is 4.79 Å². The van der Waals surface area contributed by atoms with Gasteiger partial charge in [0, 0.05) is 28.8 Å². The number of Topliss-reactive ketones (excluding diaryl/α,β-unsaturated/α-hetero) is 1. The second-order valence-corrected chi connectivity index (χ2v) is 4.93. The highest BCUT2D eigenvalue weighted by atomic mass is 79.9. The molecule has 1 fully saturated rings. The van der Waals surface area contributed by atoms with Crippen LogP contribution in [0.15, 0.2) is 28.7 Å². The van der Waals surface area contributed by atoms with E-state index >= 15 is 0 Å². The lowest BCUT2D eigenvalue weighted by molar-refractivity contribution is -0.663. The molecule has 2 nitrogen and oxygen atoms in total. The zero-order valence-electron chi connectivity index (χ0n) is 8.58. The third kappa shape index (κ3) is 2.67.